The summed E-state index contributed by atoms with van der Waals surface area (Å²) in [5, 5.41) is 0. The molecule has 0 nitrogen and oxygen atoms in total. The average molecular weight is 150 g/mol. The third-order valence-electron chi connectivity index (χ3n) is 5.08. The zero-order chi connectivity index (χ0) is 7.36. The summed E-state index contributed by atoms with van der Waals surface area (Å²) in [6.07, 6.45) is 14.2. The van der Waals surface area contributed by atoms with Gasteiger partial charge >= 0.3 is 0 Å². The molecule has 0 N–H and O–H groups in total. The van der Waals surface area contributed by atoms with Crippen LogP contribution in [0.25, 0.3) is 0 Å². The van der Waals surface area contributed by atoms with Crippen LogP contribution < -0.4 is 0 Å². The van der Waals surface area contributed by atoms with Crippen molar-refractivity contribution in [3.8, 4) is 0 Å². The van der Waals surface area contributed by atoms with Crippen LogP contribution in [0.5, 0.6) is 0 Å². The Bertz CT molecular complexity index is 164. The molecule has 2 unspecified atom stereocenters. The highest BCUT2D eigenvalue weighted by Crippen LogP contribution is 2.72. The molecule has 2 atom stereocenters. The summed E-state index contributed by atoms with van der Waals surface area (Å²) in [7, 11) is 0. The van der Waals surface area contributed by atoms with Crippen molar-refractivity contribution in [1.82, 2.24) is 0 Å². The van der Waals surface area contributed by atoms with Crippen LogP contribution in [0.1, 0.15) is 57.8 Å². The van der Waals surface area contributed by atoms with Gasteiger partial charge in [-0.15, -0.1) is 0 Å². The van der Waals surface area contributed by atoms with Crippen molar-refractivity contribution in [2.45, 2.75) is 57.8 Å². The minimum atomic E-state index is 0.908. The first kappa shape index (κ1) is 6.51. The van der Waals surface area contributed by atoms with Crippen LogP contribution in [-0.4, -0.2) is 0 Å². The van der Waals surface area contributed by atoms with E-state index in [4.69, 9.17) is 0 Å². The summed E-state index contributed by atoms with van der Waals surface area (Å²) in [5.74, 6) is 0. The molecule has 0 spiro atoms. The number of hydrogen-bond donors (Lipinski definition) is 0. The summed E-state index contributed by atoms with van der Waals surface area (Å²) in [5.41, 5.74) is 1.82. The maximum atomic E-state index is 1.59. The molecule has 0 aromatic heterocycles. The Morgan fingerprint density at radius 2 is 0.909 bits per heavy atom. The Kier molecular flexibility index (Phi) is 1.09. The Hall–Kier alpha value is 0. The van der Waals surface area contributed by atoms with Gasteiger partial charge in [-0.05, 0) is 49.4 Å². The van der Waals surface area contributed by atoms with Gasteiger partial charge in [0.25, 0.3) is 0 Å². The van der Waals surface area contributed by atoms with Crippen molar-refractivity contribution in [2.24, 2.45) is 10.8 Å². The maximum Gasteiger partial charge on any atom is -0.0241 e. The predicted octanol–water partition coefficient (Wildman–Crippen LogP) is 3.51. The van der Waals surface area contributed by atoms with Gasteiger partial charge in [0.2, 0.25) is 0 Å². The summed E-state index contributed by atoms with van der Waals surface area (Å²) in [6, 6.07) is 0. The summed E-state index contributed by atoms with van der Waals surface area (Å²) in [6.45, 7) is 0. The monoisotopic (exact) mass is 150 g/mol. The molecule has 62 valence electrons. The van der Waals surface area contributed by atoms with E-state index in [1.807, 2.05) is 0 Å². The van der Waals surface area contributed by atoms with Crippen LogP contribution in [0.3, 0.4) is 0 Å². The Morgan fingerprint density at radius 3 is 1.36 bits per heavy atom. The zero-order valence-electron chi connectivity index (χ0n) is 7.36. The smallest absolute Gasteiger partial charge is 0.0241 e. The molecule has 0 amide bonds. The van der Waals surface area contributed by atoms with Crippen molar-refractivity contribution in [3.05, 3.63) is 0 Å². The van der Waals surface area contributed by atoms with Crippen molar-refractivity contribution < 1.29 is 0 Å². The molecule has 0 radical (unpaired) electrons. The first-order valence-corrected chi connectivity index (χ1v) is 5.37. The molecule has 0 heterocycles. The normalized spacial score (nSPS) is 54.5. The second-order valence-electron chi connectivity index (χ2n) is 5.12. The van der Waals surface area contributed by atoms with Gasteiger partial charge < -0.3 is 0 Å². The molecular formula is C11H18. The lowest BCUT2D eigenvalue weighted by atomic mass is 9.46. The van der Waals surface area contributed by atoms with Crippen molar-refractivity contribution in [2.75, 3.05) is 0 Å². The van der Waals surface area contributed by atoms with Gasteiger partial charge in [0.1, 0.15) is 0 Å². The minimum Gasteiger partial charge on any atom is -0.0527 e. The lowest BCUT2D eigenvalue weighted by Gasteiger charge is -2.59. The van der Waals surface area contributed by atoms with Crippen molar-refractivity contribution >= 4 is 0 Å². The fourth-order valence-electron chi connectivity index (χ4n) is 4.33. The van der Waals surface area contributed by atoms with E-state index in [1.165, 1.54) is 0 Å². The van der Waals surface area contributed by atoms with Gasteiger partial charge in [-0.2, -0.15) is 0 Å². The molecule has 0 aliphatic heterocycles. The summed E-state index contributed by atoms with van der Waals surface area (Å²) in [4.78, 5) is 0. The number of rotatable bonds is 0. The lowest BCUT2D eigenvalue weighted by molar-refractivity contribution is -0.0880. The molecule has 0 heteroatoms. The van der Waals surface area contributed by atoms with Gasteiger partial charge in [0, 0.05) is 0 Å². The highest BCUT2D eigenvalue weighted by atomic mass is 14.7. The Labute approximate surface area is 69.4 Å². The quantitative estimate of drug-likeness (QED) is 0.495. The predicted molar refractivity (Wildman–Crippen MR) is 46.4 cm³/mol. The van der Waals surface area contributed by atoms with Crippen LogP contribution in [0, 0.1) is 10.8 Å². The van der Waals surface area contributed by atoms with E-state index in [-0.39, 0.29) is 0 Å². The molecule has 3 fully saturated rings. The van der Waals surface area contributed by atoms with Gasteiger partial charge in [-0.3, -0.25) is 0 Å². The second kappa shape index (κ2) is 1.84. The Morgan fingerprint density at radius 1 is 0.455 bits per heavy atom. The molecular weight excluding hydrogens is 132 g/mol. The molecule has 0 aromatic carbocycles. The molecule has 3 saturated carbocycles. The second-order valence-corrected chi connectivity index (χ2v) is 5.12. The van der Waals surface area contributed by atoms with E-state index in [0.29, 0.717) is 0 Å². The Balaban J connectivity index is 1.97. The fraction of sp³-hybridized carbons (Fsp3) is 1.00. The van der Waals surface area contributed by atoms with Crippen LogP contribution in [0.4, 0.5) is 0 Å². The molecule has 0 bridgehead atoms. The van der Waals surface area contributed by atoms with E-state index in [2.05, 4.69) is 0 Å². The lowest BCUT2D eigenvalue weighted by Crippen LogP contribution is -2.49. The topological polar surface area (TPSA) is 0 Å². The van der Waals surface area contributed by atoms with Crippen LogP contribution in [0.2, 0.25) is 0 Å². The molecule has 3 aliphatic carbocycles. The third kappa shape index (κ3) is 0.588. The highest BCUT2D eigenvalue weighted by molar-refractivity contribution is 5.11. The molecule has 0 saturated heterocycles. The van der Waals surface area contributed by atoms with Crippen molar-refractivity contribution in [1.29, 1.82) is 0 Å². The SMILES string of the molecule is C1CCC23CCCC2(C1)CC3. The third-order valence-corrected chi connectivity index (χ3v) is 5.08. The zero-order valence-corrected chi connectivity index (χ0v) is 7.36. The molecule has 0 aromatic rings. The molecule has 11 heavy (non-hydrogen) atoms. The summed E-state index contributed by atoms with van der Waals surface area (Å²) >= 11 is 0. The largest absolute Gasteiger partial charge is 0.0527 e. The van der Waals surface area contributed by atoms with E-state index >= 15 is 0 Å². The highest BCUT2D eigenvalue weighted by Gasteiger charge is 2.61. The van der Waals surface area contributed by atoms with E-state index in [0.717, 1.165) is 10.8 Å². The van der Waals surface area contributed by atoms with E-state index < -0.39 is 0 Å². The van der Waals surface area contributed by atoms with Crippen LogP contribution >= 0.6 is 0 Å². The van der Waals surface area contributed by atoms with E-state index in [1.54, 1.807) is 57.8 Å². The standard InChI is InChI=1S/C11H18/c1-2-5-11-7-3-6-10(11,4-1)8-9-11/h1-9H2. The van der Waals surface area contributed by atoms with Gasteiger partial charge in [0.15, 0.2) is 0 Å². The fourth-order valence-corrected chi connectivity index (χ4v) is 4.33. The number of hydrogen-bond acceptors (Lipinski definition) is 0. The van der Waals surface area contributed by atoms with Gasteiger partial charge in [-0.25, -0.2) is 0 Å². The van der Waals surface area contributed by atoms with Crippen molar-refractivity contribution in [3.63, 3.8) is 0 Å². The first-order valence-electron chi connectivity index (χ1n) is 5.37. The van der Waals surface area contributed by atoms with Crippen LogP contribution in [0.15, 0.2) is 0 Å². The average Bonchev–Trinajstić information content (AvgIpc) is 2.29. The molecule has 3 aliphatic rings. The van der Waals surface area contributed by atoms with Gasteiger partial charge in [-0.1, -0.05) is 19.3 Å². The van der Waals surface area contributed by atoms with Crippen LogP contribution in [-0.2, 0) is 0 Å². The van der Waals surface area contributed by atoms with E-state index in [9.17, 15) is 0 Å². The minimum absolute atomic E-state index is 0.908. The first-order chi connectivity index (χ1) is 5.37. The van der Waals surface area contributed by atoms with Gasteiger partial charge in [0.05, 0.1) is 0 Å². The summed E-state index contributed by atoms with van der Waals surface area (Å²) < 4.78 is 0. The molecule has 3 rings (SSSR count). The maximum absolute atomic E-state index is 1.59.